The van der Waals surface area contributed by atoms with E-state index >= 15 is 0 Å². The Labute approximate surface area is 114 Å². The lowest BCUT2D eigenvalue weighted by molar-refractivity contribution is -0.386. The number of benzene rings is 1. The molecule has 0 amide bonds. The third kappa shape index (κ3) is 4.16. The molecule has 0 spiro atoms. The molecule has 0 saturated carbocycles. The second-order valence-corrected chi connectivity index (χ2v) is 3.82. The zero-order valence-corrected chi connectivity index (χ0v) is 10.8. The molecule has 20 heavy (non-hydrogen) atoms. The van der Waals surface area contributed by atoms with Gasteiger partial charge in [-0.25, -0.2) is 9.18 Å². The second-order valence-electron chi connectivity index (χ2n) is 3.82. The van der Waals surface area contributed by atoms with Crippen molar-refractivity contribution in [3.8, 4) is 5.75 Å². The van der Waals surface area contributed by atoms with Gasteiger partial charge in [-0.15, -0.1) is 0 Å². The van der Waals surface area contributed by atoms with Crippen molar-refractivity contribution in [1.82, 2.24) is 0 Å². The van der Waals surface area contributed by atoms with Gasteiger partial charge in [0.1, 0.15) is 18.0 Å². The number of nitro groups is 1. The molecule has 1 aromatic rings. The molecule has 1 N–H and O–H groups in total. The van der Waals surface area contributed by atoms with Gasteiger partial charge in [0.15, 0.2) is 5.75 Å². The summed E-state index contributed by atoms with van der Waals surface area (Å²) in [6.45, 7) is 2.66. The van der Waals surface area contributed by atoms with E-state index in [1.165, 1.54) is 0 Å². The first-order chi connectivity index (χ1) is 9.47. The van der Waals surface area contributed by atoms with Gasteiger partial charge in [0.25, 0.3) is 0 Å². The van der Waals surface area contributed by atoms with E-state index in [1.807, 2.05) is 6.92 Å². The van der Waals surface area contributed by atoms with E-state index < -0.39 is 28.0 Å². The lowest BCUT2D eigenvalue weighted by Crippen LogP contribution is -2.10. The predicted octanol–water partition coefficient (Wildman–Crippen LogP) is 2.24. The molecule has 0 aliphatic carbocycles. The Morgan fingerprint density at radius 1 is 1.40 bits per heavy atom. The third-order valence-corrected chi connectivity index (χ3v) is 2.31. The zero-order valence-electron chi connectivity index (χ0n) is 10.8. The number of carboxylic acids is 1. The number of nitrogens with zero attached hydrogens (tertiary/aromatic N) is 1. The van der Waals surface area contributed by atoms with Gasteiger partial charge in [-0.05, 0) is 6.42 Å². The lowest BCUT2D eigenvalue weighted by Gasteiger charge is -2.08. The van der Waals surface area contributed by atoms with Gasteiger partial charge >= 0.3 is 11.7 Å². The van der Waals surface area contributed by atoms with Crippen molar-refractivity contribution in [1.29, 1.82) is 0 Å². The van der Waals surface area contributed by atoms with Crippen LogP contribution in [-0.2, 0) is 4.74 Å². The Balaban J connectivity index is 2.86. The molecule has 0 fully saturated rings. The van der Waals surface area contributed by atoms with Gasteiger partial charge in [0.2, 0.25) is 0 Å². The Hall–Kier alpha value is -2.22. The summed E-state index contributed by atoms with van der Waals surface area (Å²) < 4.78 is 23.6. The van der Waals surface area contributed by atoms with Crippen molar-refractivity contribution in [2.45, 2.75) is 13.3 Å². The number of halogens is 1. The van der Waals surface area contributed by atoms with E-state index in [1.54, 1.807) is 0 Å². The molecule has 0 aliphatic heterocycles. The molecule has 0 unspecified atom stereocenters. The molecule has 1 aromatic carbocycles. The molecule has 8 heteroatoms. The van der Waals surface area contributed by atoms with Crippen LogP contribution in [0.15, 0.2) is 12.1 Å². The fourth-order valence-electron chi connectivity index (χ4n) is 1.42. The van der Waals surface area contributed by atoms with Gasteiger partial charge in [0, 0.05) is 18.7 Å². The summed E-state index contributed by atoms with van der Waals surface area (Å²) in [4.78, 5) is 20.7. The number of nitro benzene ring substituents is 1. The standard InChI is InChI=1S/C12H14FNO6/c1-2-3-19-4-5-20-11-7-9(13)8(12(15)16)6-10(11)14(17)18/h6-7H,2-5H2,1H3,(H,15,16). The van der Waals surface area contributed by atoms with Crippen molar-refractivity contribution in [3.05, 3.63) is 33.6 Å². The van der Waals surface area contributed by atoms with Crippen LogP contribution in [0.4, 0.5) is 10.1 Å². The molecular weight excluding hydrogens is 273 g/mol. The highest BCUT2D eigenvalue weighted by Gasteiger charge is 2.22. The van der Waals surface area contributed by atoms with Crippen LogP contribution in [-0.4, -0.2) is 35.8 Å². The fraction of sp³-hybridized carbons (Fsp3) is 0.417. The molecule has 0 aliphatic rings. The van der Waals surface area contributed by atoms with Crippen LogP contribution in [0.1, 0.15) is 23.7 Å². The first-order valence-corrected chi connectivity index (χ1v) is 5.89. The zero-order chi connectivity index (χ0) is 15.1. The smallest absolute Gasteiger partial charge is 0.338 e. The van der Waals surface area contributed by atoms with E-state index in [0.29, 0.717) is 18.7 Å². The Bertz CT molecular complexity index is 505. The molecule has 0 aromatic heterocycles. The monoisotopic (exact) mass is 287 g/mol. The Morgan fingerprint density at radius 2 is 2.10 bits per heavy atom. The van der Waals surface area contributed by atoms with Crippen LogP contribution in [0.25, 0.3) is 0 Å². The van der Waals surface area contributed by atoms with Crippen molar-refractivity contribution < 1.29 is 28.7 Å². The maximum absolute atomic E-state index is 13.5. The van der Waals surface area contributed by atoms with Crippen molar-refractivity contribution in [2.75, 3.05) is 19.8 Å². The van der Waals surface area contributed by atoms with Crippen LogP contribution in [0.5, 0.6) is 5.75 Å². The second kappa shape index (κ2) is 7.39. The maximum atomic E-state index is 13.5. The van der Waals surface area contributed by atoms with E-state index in [4.69, 9.17) is 14.6 Å². The summed E-state index contributed by atoms with van der Waals surface area (Å²) >= 11 is 0. The highest BCUT2D eigenvalue weighted by molar-refractivity contribution is 5.89. The van der Waals surface area contributed by atoms with Crippen LogP contribution >= 0.6 is 0 Å². The largest absolute Gasteiger partial charge is 0.484 e. The number of carbonyl (C=O) groups is 1. The third-order valence-electron chi connectivity index (χ3n) is 2.31. The SMILES string of the molecule is CCCOCCOc1cc(F)c(C(=O)O)cc1[N+](=O)[O-]. The number of aromatic carboxylic acids is 1. The summed E-state index contributed by atoms with van der Waals surface area (Å²) in [7, 11) is 0. The number of hydrogen-bond acceptors (Lipinski definition) is 5. The Kier molecular flexibility index (Phi) is 5.85. The van der Waals surface area contributed by atoms with Crippen molar-refractivity contribution >= 4 is 11.7 Å². The minimum Gasteiger partial charge on any atom is -0.484 e. The minimum atomic E-state index is -1.58. The quantitative estimate of drug-likeness (QED) is 0.447. The highest BCUT2D eigenvalue weighted by atomic mass is 19.1. The lowest BCUT2D eigenvalue weighted by atomic mass is 10.1. The maximum Gasteiger partial charge on any atom is 0.338 e. The normalized spacial score (nSPS) is 10.3. The molecule has 7 nitrogen and oxygen atoms in total. The van der Waals surface area contributed by atoms with Crippen LogP contribution in [0.2, 0.25) is 0 Å². The molecule has 0 radical (unpaired) electrons. The van der Waals surface area contributed by atoms with E-state index in [2.05, 4.69) is 0 Å². The van der Waals surface area contributed by atoms with Gasteiger partial charge in [0.05, 0.1) is 11.5 Å². The molecule has 0 atom stereocenters. The fourth-order valence-corrected chi connectivity index (χ4v) is 1.42. The number of rotatable bonds is 8. The summed E-state index contributed by atoms with van der Waals surface area (Å²) in [6.07, 6.45) is 0.822. The van der Waals surface area contributed by atoms with Crippen LogP contribution < -0.4 is 4.74 Å². The number of ether oxygens (including phenoxy) is 2. The van der Waals surface area contributed by atoms with Gasteiger partial charge in [-0.2, -0.15) is 0 Å². The topological polar surface area (TPSA) is 98.9 Å². The molecular formula is C12H14FNO6. The molecule has 0 heterocycles. The highest BCUT2D eigenvalue weighted by Crippen LogP contribution is 2.30. The summed E-state index contributed by atoms with van der Waals surface area (Å²) in [5.74, 6) is -2.99. The van der Waals surface area contributed by atoms with Gasteiger partial charge in [-0.1, -0.05) is 6.92 Å². The van der Waals surface area contributed by atoms with Gasteiger partial charge in [-0.3, -0.25) is 10.1 Å². The van der Waals surface area contributed by atoms with Crippen LogP contribution in [0, 0.1) is 15.9 Å². The number of hydrogen-bond donors (Lipinski definition) is 1. The van der Waals surface area contributed by atoms with E-state index in [-0.39, 0.29) is 19.0 Å². The van der Waals surface area contributed by atoms with Crippen molar-refractivity contribution in [2.24, 2.45) is 0 Å². The van der Waals surface area contributed by atoms with Gasteiger partial charge < -0.3 is 14.6 Å². The minimum absolute atomic E-state index is 0.00664. The average Bonchev–Trinajstić information content (AvgIpc) is 2.37. The molecule has 0 bridgehead atoms. The van der Waals surface area contributed by atoms with Crippen molar-refractivity contribution in [3.63, 3.8) is 0 Å². The first kappa shape index (κ1) is 15.8. The summed E-state index contributed by atoms with van der Waals surface area (Å²) in [5.41, 5.74) is -1.37. The number of carboxylic acid groups (broad SMARTS) is 1. The summed E-state index contributed by atoms with van der Waals surface area (Å²) in [6, 6.07) is 1.33. The van der Waals surface area contributed by atoms with E-state index in [9.17, 15) is 19.3 Å². The summed E-state index contributed by atoms with van der Waals surface area (Å²) in [5, 5.41) is 19.5. The van der Waals surface area contributed by atoms with Crippen LogP contribution in [0.3, 0.4) is 0 Å². The molecule has 0 saturated heterocycles. The molecule has 1 rings (SSSR count). The average molecular weight is 287 g/mol. The first-order valence-electron chi connectivity index (χ1n) is 5.89. The predicted molar refractivity (Wildman–Crippen MR) is 66.6 cm³/mol. The van der Waals surface area contributed by atoms with E-state index in [0.717, 1.165) is 6.42 Å². The Morgan fingerprint density at radius 3 is 2.65 bits per heavy atom. The molecule has 110 valence electrons.